The Bertz CT molecular complexity index is 836. The smallest absolute Gasteiger partial charge is 0.321 e. The first kappa shape index (κ1) is 21.5. The highest BCUT2D eigenvalue weighted by Crippen LogP contribution is 2.28. The molecule has 10 nitrogen and oxygen atoms in total. The van der Waals surface area contributed by atoms with Crippen LogP contribution < -0.4 is 5.32 Å². The van der Waals surface area contributed by atoms with Crippen LogP contribution in [0.3, 0.4) is 0 Å². The minimum atomic E-state index is -4.26. The zero-order valence-electron chi connectivity index (χ0n) is 14.8. The van der Waals surface area contributed by atoms with Crippen molar-refractivity contribution in [2.75, 3.05) is 13.1 Å². The number of nitrogens with one attached hydrogen (secondary N) is 1. The number of carboxylic acid groups (broad SMARTS) is 1. The van der Waals surface area contributed by atoms with Crippen molar-refractivity contribution in [2.24, 2.45) is 0 Å². The summed E-state index contributed by atoms with van der Waals surface area (Å²) < 4.78 is 26.7. The fourth-order valence-corrected chi connectivity index (χ4v) is 4.24. The summed E-state index contributed by atoms with van der Waals surface area (Å²) in [6.07, 6.45) is 0. The van der Waals surface area contributed by atoms with Crippen molar-refractivity contribution in [3.8, 4) is 0 Å². The molecule has 0 bridgehead atoms. The summed E-state index contributed by atoms with van der Waals surface area (Å²) in [5, 5.41) is 22.6. The Morgan fingerprint density at radius 3 is 2.35 bits per heavy atom. The highest BCUT2D eigenvalue weighted by molar-refractivity contribution is 7.89. The Hall–Kier alpha value is -2.53. The van der Waals surface area contributed by atoms with Crippen LogP contribution in [0.1, 0.15) is 25.0 Å². The summed E-state index contributed by atoms with van der Waals surface area (Å²) in [6.45, 7) is 4.93. The number of hydrogen-bond donors (Lipinski definition) is 2. The summed E-state index contributed by atoms with van der Waals surface area (Å²) in [5.41, 5.74) is 0.0471. The number of amides is 1. The van der Waals surface area contributed by atoms with Gasteiger partial charge in [0.2, 0.25) is 15.9 Å². The van der Waals surface area contributed by atoms with Crippen molar-refractivity contribution in [2.45, 2.75) is 38.6 Å². The van der Waals surface area contributed by atoms with E-state index in [-0.39, 0.29) is 40.7 Å². The third-order valence-corrected chi connectivity index (χ3v) is 5.88. The van der Waals surface area contributed by atoms with E-state index < -0.39 is 27.0 Å². The predicted molar refractivity (Wildman–Crippen MR) is 92.2 cm³/mol. The van der Waals surface area contributed by atoms with Crippen LogP contribution in [0, 0.1) is 24.0 Å². The molecule has 26 heavy (non-hydrogen) atoms. The number of hydrogen-bond acceptors (Lipinski definition) is 6. The zero-order valence-corrected chi connectivity index (χ0v) is 15.7. The molecular weight excluding hydrogens is 366 g/mol. The van der Waals surface area contributed by atoms with E-state index in [1.165, 1.54) is 27.7 Å². The van der Waals surface area contributed by atoms with Crippen molar-refractivity contribution < 1.29 is 28.0 Å². The number of benzene rings is 1. The molecule has 0 aliphatic heterocycles. The standard InChI is InChI=1S/C15H21N3O7S/c1-9-8-14(10(2)7-13(9)18(22)23)26(24,25)17(11(3)15(20)21)6-5-16-12(4)19/h7-8,11H,5-6H2,1-4H3,(H,16,19)(H,20,21). The Kier molecular flexibility index (Phi) is 6.81. The average molecular weight is 387 g/mol. The van der Waals surface area contributed by atoms with Crippen molar-refractivity contribution >= 4 is 27.6 Å². The van der Waals surface area contributed by atoms with Crippen molar-refractivity contribution in [3.05, 3.63) is 33.4 Å². The van der Waals surface area contributed by atoms with Gasteiger partial charge in [-0.15, -0.1) is 0 Å². The second-order valence-electron chi connectivity index (χ2n) is 5.77. The molecule has 0 aliphatic rings. The second kappa shape index (κ2) is 8.23. The molecule has 1 amide bonds. The molecule has 1 unspecified atom stereocenters. The Balaban J connectivity index is 3.39. The number of aryl methyl sites for hydroxylation is 2. The van der Waals surface area contributed by atoms with Gasteiger partial charge in [0.15, 0.2) is 0 Å². The maximum absolute atomic E-state index is 13.0. The van der Waals surface area contributed by atoms with E-state index >= 15 is 0 Å². The monoisotopic (exact) mass is 387 g/mol. The number of carboxylic acids is 1. The fraction of sp³-hybridized carbons (Fsp3) is 0.467. The van der Waals surface area contributed by atoms with E-state index in [4.69, 9.17) is 0 Å². The number of sulfonamides is 1. The second-order valence-corrected chi connectivity index (χ2v) is 7.63. The molecule has 1 aromatic carbocycles. The molecule has 0 heterocycles. The summed E-state index contributed by atoms with van der Waals surface area (Å²) in [5.74, 6) is -1.74. The number of carbonyl (C=O) groups excluding carboxylic acids is 1. The topological polar surface area (TPSA) is 147 Å². The van der Waals surface area contributed by atoms with E-state index in [0.29, 0.717) is 0 Å². The maximum Gasteiger partial charge on any atom is 0.321 e. The number of rotatable bonds is 8. The largest absolute Gasteiger partial charge is 0.480 e. The van der Waals surface area contributed by atoms with Crippen LogP contribution in [-0.2, 0) is 19.6 Å². The lowest BCUT2D eigenvalue weighted by Gasteiger charge is -2.26. The molecule has 1 atom stereocenters. The molecule has 11 heteroatoms. The van der Waals surface area contributed by atoms with Gasteiger partial charge >= 0.3 is 5.97 Å². The molecule has 0 aliphatic carbocycles. The first-order valence-corrected chi connectivity index (χ1v) is 9.08. The molecule has 144 valence electrons. The van der Waals surface area contributed by atoms with E-state index in [0.717, 1.165) is 16.4 Å². The van der Waals surface area contributed by atoms with Gasteiger partial charge in [0.1, 0.15) is 6.04 Å². The molecule has 0 fully saturated rings. The third-order valence-electron chi connectivity index (χ3n) is 3.77. The van der Waals surface area contributed by atoms with Crippen molar-refractivity contribution in [1.82, 2.24) is 9.62 Å². The molecule has 1 rings (SSSR count). The number of aliphatic carboxylic acids is 1. The summed E-state index contributed by atoms with van der Waals surface area (Å²) in [7, 11) is -4.26. The number of carbonyl (C=O) groups is 2. The summed E-state index contributed by atoms with van der Waals surface area (Å²) >= 11 is 0. The van der Waals surface area contributed by atoms with Crippen LogP contribution in [-0.4, -0.2) is 53.8 Å². The van der Waals surface area contributed by atoms with Gasteiger partial charge in [-0.1, -0.05) is 0 Å². The van der Waals surface area contributed by atoms with Crippen LogP contribution in [0.4, 0.5) is 5.69 Å². The molecule has 1 aromatic rings. The number of nitro benzene ring substituents is 1. The summed E-state index contributed by atoms with van der Waals surface area (Å²) in [4.78, 5) is 32.5. The van der Waals surface area contributed by atoms with Gasteiger partial charge in [0.25, 0.3) is 5.69 Å². The van der Waals surface area contributed by atoms with Crippen LogP contribution in [0.2, 0.25) is 0 Å². The van der Waals surface area contributed by atoms with E-state index in [1.54, 1.807) is 0 Å². The SMILES string of the molecule is CC(=O)NCCN(C(C)C(=O)O)S(=O)(=O)c1cc(C)c([N+](=O)[O-])cc1C. The van der Waals surface area contributed by atoms with Crippen LogP contribution in [0.25, 0.3) is 0 Å². The minimum Gasteiger partial charge on any atom is -0.480 e. The van der Waals surface area contributed by atoms with Gasteiger partial charge in [0, 0.05) is 31.6 Å². The van der Waals surface area contributed by atoms with Crippen LogP contribution >= 0.6 is 0 Å². The molecule has 2 N–H and O–H groups in total. The first-order valence-electron chi connectivity index (χ1n) is 7.64. The van der Waals surface area contributed by atoms with Gasteiger partial charge in [-0.05, 0) is 32.4 Å². The quantitative estimate of drug-likeness (QED) is 0.495. The van der Waals surface area contributed by atoms with Gasteiger partial charge < -0.3 is 10.4 Å². The lowest BCUT2D eigenvalue weighted by atomic mass is 10.1. The van der Waals surface area contributed by atoms with E-state index in [2.05, 4.69) is 5.32 Å². The number of nitro groups is 1. The molecule has 0 spiro atoms. The van der Waals surface area contributed by atoms with E-state index in [9.17, 15) is 33.2 Å². The minimum absolute atomic E-state index is 0.0722. The first-order chi connectivity index (χ1) is 11.9. The van der Waals surface area contributed by atoms with E-state index in [1.807, 2.05) is 0 Å². The molecule has 0 radical (unpaired) electrons. The maximum atomic E-state index is 13.0. The lowest BCUT2D eigenvalue weighted by Crippen LogP contribution is -2.46. The molecular formula is C15H21N3O7S. The Labute approximate surface area is 151 Å². The average Bonchev–Trinajstić information content (AvgIpc) is 2.51. The van der Waals surface area contributed by atoms with Gasteiger partial charge in [-0.25, -0.2) is 8.42 Å². The van der Waals surface area contributed by atoms with Crippen LogP contribution in [0.15, 0.2) is 17.0 Å². The lowest BCUT2D eigenvalue weighted by molar-refractivity contribution is -0.385. The van der Waals surface area contributed by atoms with Gasteiger partial charge in [-0.2, -0.15) is 4.31 Å². The van der Waals surface area contributed by atoms with Gasteiger partial charge in [-0.3, -0.25) is 19.7 Å². The van der Waals surface area contributed by atoms with Crippen molar-refractivity contribution in [1.29, 1.82) is 0 Å². The van der Waals surface area contributed by atoms with Crippen LogP contribution in [0.5, 0.6) is 0 Å². The predicted octanol–water partition coefficient (Wildman–Crippen LogP) is 0.812. The Morgan fingerprint density at radius 2 is 1.88 bits per heavy atom. The Morgan fingerprint density at radius 1 is 1.31 bits per heavy atom. The fourth-order valence-electron chi connectivity index (χ4n) is 2.36. The normalized spacial score (nSPS) is 12.7. The molecule has 0 aromatic heterocycles. The van der Waals surface area contributed by atoms with Gasteiger partial charge in [0.05, 0.1) is 9.82 Å². The number of nitrogens with zero attached hydrogens (tertiary/aromatic N) is 2. The highest BCUT2D eigenvalue weighted by Gasteiger charge is 2.34. The van der Waals surface area contributed by atoms with Crippen molar-refractivity contribution in [3.63, 3.8) is 0 Å². The summed E-state index contributed by atoms with van der Waals surface area (Å²) in [6, 6.07) is 0.909. The highest BCUT2D eigenvalue weighted by atomic mass is 32.2. The zero-order chi connectivity index (χ0) is 20.2. The molecule has 0 saturated heterocycles. The molecule has 0 saturated carbocycles. The third kappa shape index (κ3) is 4.76.